The average molecular weight is 288 g/mol. The highest BCUT2D eigenvalue weighted by Gasteiger charge is 2.44. The summed E-state index contributed by atoms with van der Waals surface area (Å²) in [7, 11) is 0. The molecule has 1 heterocycles. The van der Waals surface area contributed by atoms with E-state index in [0.717, 1.165) is 17.7 Å². The molecule has 1 saturated carbocycles. The summed E-state index contributed by atoms with van der Waals surface area (Å²) in [5.41, 5.74) is 1.50. The van der Waals surface area contributed by atoms with Gasteiger partial charge in [-0.15, -0.1) is 0 Å². The maximum absolute atomic E-state index is 12.3. The smallest absolute Gasteiger partial charge is 0.311 e. The molecular formula is C16H20N2O3. The summed E-state index contributed by atoms with van der Waals surface area (Å²) in [6, 6.07) is 7.97. The first-order valence-electron chi connectivity index (χ1n) is 7.44. The molecule has 0 aromatic heterocycles. The van der Waals surface area contributed by atoms with Crippen molar-refractivity contribution in [3.05, 3.63) is 29.8 Å². The Kier molecular flexibility index (Phi) is 3.57. The van der Waals surface area contributed by atoms with E-state index in [1.165, 1.54) is 0 Å². The third kappa shape index (κ3) is 2.60. The molecule has 0 bridgehead atoms. The zero-order chi connectivity index (χ0) is 14.9. The first kappa shape index (κ1) is 13.9. The summed E-state index contributed by atoms with van der Waals surface area (Å²) < 4.78 is 0. The lowest BCUT2D eigenvalue weighted by Gasteiger charge is -2.38. The number of hydrogen-bond acceptors (Lipinski definition) is 3. The lowest BCUT2D eigenvalue weighted by atomic mass is 9.68. The average Bonchev–Trinajstić information content (AvgIpc) is 2.45. The number of hydrogen-bond donors (Lipinski definition) is 3. The molecule has 0 spiro atoms. The van der Waals surface area contributed by atoms with Gasteiger partial charge in [0.05, 0.1) is 11.3 Å². The van der Waals surface area contributed by atoms with Crippen molar-refractivity contribution in [3.63, 3.8) is 0 Å². The Bertz CT molecular complexity index is 566. The fraction of sp³-hybridized carbons (Fsp3) is 0.500. The quantitative estimate of drug-likeness (QED) is 0.787. The van der Waals surface area contributed by atoms with Gasteiger partial charge in [0.2, 0.25) is 5.91 Å². The van der Waals surface area contributed by atoms with E-state index in [4.69, 9.17) is 0 Å². The van der Waals surface area contributed by atoms with Crippen LogP contribution in [0.5, 0.6) is 0 Å². The van der Waals surface area contributed by atoms with E-state index in [1.807, 2.05) is 24.3 Å². The number of carbonyl (C=O) groups excluding carboxylic acids is 1. The molecule has 112 valence electrons. The Hall–Kier alpha value is -2.04. The van der Waals surface area contributed by atoms with Gasteiger partial charge in [-0.05, 0) is 30.9 Å². The standard InChI is InChI=1S/C16H20N2O3/c19-14(18-10-16(15(20)21)6-3-7-16)12-8-11-4-1-2-5-13(11)17-9-12/h1-2,4-5,12,17H,3,6-10H2,(H,18,19)(H,20,21). The minimum Gasteiger partial charge on any atom is -0.481 e. The van der Waals surface area contributed by atoms with Crippen LogP contribution in [0.4, 0.5) is 5.69 Å². The molecule has 1 unspecified atom stereocenters. The lowest BCUT2D eigenvalue weighted by Crippen LogP contribution is -2.49. The number of aliphatic carboxylic acids is 1. The van der Waals surface area contributed by atoms with Gasteiger partial charge in [0.1, 0.15) is 0 Å². The predicted molar refractivity (Wildman–Crippen MR) is 79.1 cm³/mol. The molecule has 5 nitrogen and oxygen atoms in total. The summed E-state index contributed by atoms with van der Waals surface area (Å²) in [6.07, 6.45) is 2.96. The summed E-state index contributed by atoms with van der Waals surface area (Å²) in [6.45, 7) is 0.849. The van der Waals surface area contributed by atoms with Crippen molar-refractivity contribution < 1.29 is 14.7 Å². The predicted octanol–water partition coefficient (Wildman–Crippen LogP) is 1.64. The monoisotopic (exact) mass is 288 g/mol. The summed E-state index contributed by atoms with van der Waals surface area (Å²) in [5, 5.41) is 15.4. The van der Waals surface area contributed by atoms with Gasteiger partial charge < -0.3 is 15.7 Å². The second-order valence-electron chi connectivity index (χ2n) is 6.10. The van der Waals surface area contributed by atoms with E-state index in [1.54, 1.807) is 0 Å². The van der Waals surface area contributed by atoms with Crippen LogP contribution in [0.3, 0.4) is 0 Å². The van der Waals surface area contributed by atoms with Crippen LogP contribution in [0.2, 0.25) is 0 Å². The van der Waals surface area contributed by atoms with Crippen molar-refractivity contribution in [3.8, 4) is 0 Å². The molecule has 3 rings (SSSR count). The number of anilines is 1. The first-order chi connectivity index (χ1) is 10.1. The number of nitrogens with one attached hydrogen (secondary N) is 2. The normalized spacial score (nSPS) is 22.4. The third-order valence-corrected chi connectivity index (χ3v) is 4.76. The highest BCUT2D eigenvalue weighted by atomic mass is 16.4. The van der Waals surface area contributed by atoms with Gasteiger partial charge in [0.25, 0.3) is 0 Å². The molecule has 1 aliphatic carbocycles. The Balaban J connectivity index is 1.59. The van der Waals surface area contributed by atoms with Crippen LogP contribution in [0, 0.1) is 11.3 Å². The van der Waals surface area contributed by atoms with Crippen molar-refractivity contribution in [2.75, 3.05) is 18.4 Å². The van der Waals surface area contributed by atoms with Crippen molar-refractivity contribution >= 4 is 17.6 Å². The fourth-order valence-corrected chi connectivity index (χ4v) is 3.10. The van der Waals surface area contributed by atoms with Crippen LogP contribution in [0.15, 0.2) is 24.3 Å². The summed E-state index contributed by atoms with van der Waals surface area (Å²) >= 11 is 0. The maximum Gasteiger partial charge on any atom is 0.311 e. The number of para-hydroxylation sites is 1. The minimum atomic E-state index is -0.791. The van der Waals surface area contributed by atoms with Crippen LogP contribution in [0.1, 0.15) is 24.8 Å². The van der Waals surface area contributed by atoms with Crippen molar-refractivity contribution in [2.24, 2.45) is 11.3 Å². The highest BCUT2D eigenvalue weighted by molar-refractivity contribution is 5.82. The number of benzene rings is 1. The first-order valence-corrected chi connectivity index (χ1v) is 7.44. The van der Waals surface area contributed by atoms with Gasteiger partial charge in [0, 0.05) is 18.8 Å². The Morgan fingerprint density at radius 1 is 1.33 bits per heavy atom. The zero-order valence-corrected chi connectivity index (χ0v) is 11.9. The van der Waals surface area contributed by atoms with Crippen molar-refractivity contribution in [1.29, 1.82) is 0 Å². The van der Waals surface area contributed by atoms with Gasteiger partial charge >= 0.3 is 5.97 Å². The highest BCUT2D eigenvalue weighted by Crippen LogP contribution is 2.40. The molecule has 0 radical (unpaired) electrons. The van der Waals surface area contributed by atoms with E-state index in [2.05, 4.69) is 10.6 Å². The summed E-state index contributed by atoms with van der Waals surface area (Å²) in [4.78, 5) is 23.6. The van der Waals surface area contributed by atoms with Crippen LogP contribution in [0.25, 0.3) is 0 Å². The molecule has 0 saturated heterocycles. The van der Waals surface area contributed by atoms with E-state index < -0.39 is 11.4 Å². The maximum atomic E-state index is 12.3. The zero-order valence-electron chi connectivity index (χ0n) is 11.9. The van der Waals surface area contributed by atoms with Crippen LogP contribution >= 0.6 is 0 Å². The molecule has 1 atom stereocenters. The minimum absolute atomic E-state index is 0.0514. The largest absolute Gasteiger partial charge is 0.481 e. The Morgan fingerprint density at radius 2 is 2.10 bits per heavy atom. The number of carboxylic acid groups (broad SMARTS) is 1. The van der Waals surface area contributed by atoms with Gasteiger partial charge in [0.15, 0.2) is 0 Å². The molecule has 1 aromatic carbocycles. The van der Waals surface area contributed by atoms with E-state index in [-0.39, 0.29) is 18.4 Å². The van der Waals surface area contributed by atoms with E-state index in [0.29, 0.717) is 25.8 Å². The molecule has 21 heavy (non-hydrogen) atoms. The Morgan fingerprint density at radius 3 is 2.76 bits per heavy atom. The molecule has 1 fully saturated rings. The second-order valence-corrected chi connectivity index (χ2v) is 6.10. The van der Waals surface area contributed by atoms with E-state index >= 15 is 0 Å². The number of fused-ring (bicyclic) bond motifs is 1. The SMILES string of the molecule is O=C(NCC1(C(=O)O)CCC1)C1CNc2ccccc2C1. The number of carboxylic acids is 1. The number of rotatable bonds is 4. The summed E-state index contributed by atoms with van der Waals surface area (Å²) in [5.74, 6) is -0.975. The third-order valence-electron chi connectivity index (χ3n) is 4.76. The second kappa shape index (κ2) is 5.39. The van der Waals surface area contributed by atoms with Crippen LogP contribution in [-0.2, 0) is 16.0 Å². The molecular weight excluding hydrogens is 268 g/mol. The molecule has 5 heteroatoms. The molecule has 1 aromatic rings. The van der Waals surface area contributed by atoms with E-state index in [9.17, 15) is 14.7 Å². The van der Waals surface area contributed by atoms with Crippen molar-refractivity contribution in [1.82, 2.24) is 5.32 Å². The molecule has 1 aliphatic heterocycles. The molecule has 2 aliphatic rings. The van der Waals surface area contributed by atoms with Crippen LogP contribution < -0.4 is 10.6 Å². The number of carbonyl (C=O) groups is 2. The van der Waals surface area contributed by atoms with Gasteiger partial charge in [-0.2, -0.15) is 0 Å². The number of amides is 1. The molecule has 1 amide bonds. The van der Waals surface area contributed by atoms with Gasteiger partial charge in [-0.25, -0.2) is 0 Å². The Labute approximate surface area is 123 Å². The fourth-order valence-electron chi connectivity index (χ4n) is 3.10. The van der Waals surface area contributed by atoms with Gasteiger partial charge in [-0.1, -0.05) is 24.6 Å². The van der Waals surface area contributed by atoms with Crippen molar-refractivity contribution in [2.45, 2.75) is 25.7 Å². The lowest BCUT2D eigenvalue weighted by molar-refractivity contribution is -0.154. The van der Waals surface area contributed by atoms with Gasteiger partial charge in [-0.3, -0.25) is 9.59 Å². The van der Waals surface area contributed by atoms with Crippen LogP contribution in [-0.4, -0.2) is 30.1 Å². The topological polar surface area (TPSA) is 78.4 Å². The molecule has 3 N–H and O–H groups in total.